The van der Waals surface area contributed by atoms with Gasteiger partial charge in [-0.3, -0.25) is 4.57 Å². The lowest BCUT2D eigenvalue weighted by Gasteiger charge is -2.42. The number of rotatable bonds is 0. The Bertz CT molecular complexity index is 879. The number of nitrogens with one attached hydrogen (secondary N) is 1. The van der Waals surface area contributed by atoms with E-state index in [4.69, 9.17) is 0 Å². The predicted molar refractivity (Wildman–Crippen MR) is 91.2 cm³/mol. The summed E-state index contributed by atoms with van der Waals surface area (Å²) in [6, 6.07) is 0.247. The molecular weight excluding hydrogens is 311 g/mol. The third kappa shape index (κ3) is 2.16. The van der Waals surface area contributed by atoms with E-state index in [-0.39, 0.29) is 23.2 Å². The van der Waals surface area contributed by atoms with Crippen LogP contribution in [0.5, 0.6) is 0 Å². The lowest BCUT2D eigenvalue weighted by Crippen LogP contribution is -2.53. The summed E-state index contributed by atoms with van der Waals surface area (Å²) >= 11 is 0. The van der Waals surface area contributed by atoms with Crippen molar-refractivity contribution in [1.82, 2.24) is 19.4 Å². The summed E-state index contributed by atoms with van der Waals surface area (Å²) in [7, 11) is 3.72. The largest absolute Gasteiger partial charge is 0.382 e. The van der Waals surface area contributed by atoms with Gasteiger partial charge >= 0.3 is 5.69 Å². The molecule has 2 aromatic heterocycles. The van der Waals surface area contributed by atoms with E-state index in [0.29, 0.717) is 29.1 Å². The molecule has 2 aliphatic heterocycles. The van der Waals surface area contributed by atoms with Crippen LogP contribution in [0.1, 0.15) is 12.1 Å². The highest BCUT2D eigenvalue weighted by Gasteiger charge is 2.32. The Labute approximate surface area is 139 Å². The molecule has 0 aromatic carbocycles. The Morgan fingerprint density at radius 1 is 1.25 bits per heavy atom. The number of piperazine rings is 1. The first-order valence-electron chi connectivity index (χ1n) is 8.23. The zero-order valence-electron chi connectivity index (χ0n) is 14.1. The quantitative estimate of drug-likeness (QED) is 0.767. The smallest absolute Gasteiger partial charge is 0.350 e. The van der Waals surface area contributed by atoms with Crippen LogP contribution < -0.4 is 15.9 Å². The van der Waals surface area contributed by atoms with Crippen molar-refractivity contribution in [2.75, 3.05) is 43.4 Å². The summed E-state index contributed by atoms with van der Waals surface area (Å²) in [6.07, 6.45) is 0.864. The van der Waals surface area contributed by atoms with Gasteiger partial charge in [-0.05, 0) is 20.4 Å². The molecule has 2 aromatic rings. The topological polar surface area (TPSA) is 66.3 Å². The van der Waals surface area contributed by atoms with E-state index in [9.17, 15) is 9.18 Å². The minimum Gasteiger partial charge on any atom is -0.382 e. The van der Waals surface area contributed by atoms with Crippen molar-refractivity contribution in [3.8, 4) is 0 Å². The number of fused-ring (bicyclic) bond motifs is 2. The van der Waals surface area contributed by atoms with Gasteiger partial charge in [0.05, 0.1) is 16.8 Å². The summed E-state index contributed by atoms with van der Waals surface area (Å²) in [4.78, 5) is 25.4. The maximum atomic E-state index is 14.7. The first-order chi connectivity index (χ1) is 11.5. The van der Waals surface area contributed by atoms with Crippen LogP contribution in [0.25, 0.3) is 11.0 Å². The Morgan fingerprint density at radius 3 is 2.83 bits per heavy atom. The second kappa shape index (κ2) is 5.41. The molecule has 8 heteroatoms. The highest BCUT2D eigenvalue weighted by atomic mass is 19.1. The fourth-order valence-corrected chi connectivity index (χ4v) is 3.71. The molecule has 0 spiro atoms. The standard InChI is InChI=1S/C16H21FN6O/c1-9-12(17)13-11-14(19-9)22(3)16(24)20-15(11)23-7-6-21(2)8-10(23)4-5-18-13/h10,18H,4-8H2,1-3H3. The molecule has 2 aliphatic rings. The van der Waals surface area contributed by atoms with E-state index in [0.717, 1.165) is 26.1 Å². The van der Waals surface area contributed by atoms with Gasteiger partial charge in [0, 0.05) is 39.3 Å². The third-order valence-electron chi connectivity index (χ3n) is 5.05. The van der Waals surface area contributed by atoms with Crippen molar-refractivity contribution in [2.24, 2.45) is 7.05 Å². The van der Waals surface area contributed by atoms with Crippen LogP contribution in [-0.2, 0) is 7.05 Å². The zero-order valence-corrected chi connectivity index (χ0v) is 14.1. The Balaban J connectivity index is 2.06. The number of anilines is 2. The van der Waals surface area contributed by atoms with Gasteiger partial charge in [0.25, 0.3) is 0 Å². The number of aryl methyl sites for hydroxylation is 2. The molecule has 0 radical (unpaired) electrons. The normalized spacial score (nSPS) is 21.2. The van der Waals surface area contributed by atoms with Gasteiger partial charge in [-0.2, -0.15) is 4.98 Å². The zero-order chi connectivity index (χ0) is 17.0. The fraction of sp³-hybridized carbons (Fsp3) is 0.562. The van der Waals surface area contributed by atoms with Crippen molar-refractivity contribution in [1.29, 1.82) is 0 Å². The average molecular weight is 332 g/mol. The predicted octanol–water partition coefficient (Wildman–Crippen LogP) is 0.712. The number of nitrogens with zero attached hydrogens (tertiary/aromatic N) is 5. The van der Waals surface area contributed by atoms with Gasteiger partial charge < -0.3 is 15.1 Å². The van der Waals surface area contributed by atoms with E-state index in [2.05, 4.69) is 32.1 Å². The van der Waals surface area contributed by atoms with Crippen molar-refractivity contribution in [3.05, 3.63) is 22.0 Å². The Hall–Kier alpha value is -2.22. The number of halogens is 1. The Morgan fingerprint density at radius 2 is 2.04 bits per heavy atom. The molecule has 1 atom stereocenters. The molecule has 4 rings (SSSR count). The van der Waals surface area contributed by atoms with Crippen molar-refractivity contribution in [3.63, 3.8) is 0 Å². The molecular formula is C16H21FN6O. The maximum Gasteiger partial charge on any atom is 0.350 e. The van der Waals surface area contributed by atoms with Crippen molar-refractivity contribution < 1.29 is 4.39 Å². The van der Waals surface area contributed by atoms with Crippen LogP contribution in [0, 0.1) is 12.7 Å². The highest BCUT2D eigenvalue weighted by molar-refractivity contribution is 5.99. The minimum absolute atomic E-state index is 0.247. The molecule has 7 nitrogen and oxygen atoms in total. The molecule has 0 bridgehead atoms. The second-order valence-corrected chi connectivity index (χ2v) is 6.69. The number of hydrogen-bond acceptors (Lipinski definition) is 6. The van der Waals surface area contributed by atoms with E-state index >= 15 is 0 Å². The van der Waals surface area contributed by atoms with Crippen LogP contribution in [-0.4, -0.2) is 58.7 Å². The molecule has 24 heavy (non-hydrogen) atoms. The van der Waals surface area contributed by atoms with E-state index in [1.54, 1.807) is 14.0 Å². The first-order valence-corrected chi connectivity index (χ1v) is 8.23. The molecule has 128 valence electrons. The monoisotopic (exact) mass is 332 g/mol. The molecule has 0 aliphatic carbocycles. The summed E-state index contributed by atoms with van der Waals surface area (Å²) in [5, 5.41) is 3.82. The summed E-state index contributed by atoms with van der Waals surface area (Å²) in [5.41, 5.74) is 0.812. The summed E-state index contributed by atoms with van der Waals surface area (Å²) in [5.74, 6) is 0.191. The summed E-state index contributed by atoms with van der Waals surface area (Å²) < 4.78 is 16.1. The molecule has 0 amide bonds. The van der Waals surface area contributed by atoms with Gasteiger partial charge in [-0.1, -0.05) is 0 Å². The molecule has 1 saturated heterocycles. The van der Waals surface area contributed by atoms with Crippen LogP contribution in [0.4, 0.5) is 15.9 Å². The number of hydrogen-bond donors (Lipinski definition) is 1. The molecule has 4 heterocycles. The van der Waals surface area contributed by atoms with Crippen LogP contribution >= 0.6 is 0 Å². The van der Waals surface area contributed by atoms with E-state index in [1.807, 2.05) is 0 Å². The average Bonchev–Trinajstić information content (AvgIpc) is 2.53. The van der Waals surface area contributed by atoms with Crippen molar-refractivity contribution >= 4 is 22.5 Å². The molecule has 1 N–H and O–H groups in total. The lowest BCUT2D eigenvalue weighted by molar-refractivity contribution is 0.261. The van der Waals surface area contributed by atoms with Gasteiger partial charge in [0.15, 0.2) is 5.82 Å². The number of aromatic nitrogens is 3. The summed E-state index contributed by atoms with van der Waals surface area (Å²) in [6.45, 7) is 4.85. The molecule has 0 saturated carbocycles. The SMILES string of the molecule is Cc1nc2c3c(nc(=O)n2C)N2CCN(C)CC2CCNc3c1F. The lowest BCUT2D eigenvalue weighted by atomic mass is 10.0. The molecule has 1 fully saturated rings. The fourth-order valence-electron chi connectivity index (χ4n) is 3.71. The van der Waals surface area contributed by atoms with Crippen LogP contribution in [0.2, 0.25) is 0 Å². The van der Waals surface area contributed by atoms with Crippen LogP contribution in [0.3, 0.4) is 0 Å². The van der Waals surface area contributed by atoms with Gasteiger partial charge in [0.1, 0.15) is 11.5 Å². The Kier molecular flexibility index (Phi) is 3.45. The van der Waals surface area contributed by atoms with Gasteiger partial charge in [-0.15, -0.1) is 0 Å². The van der Waals surface area contributed by atoms with E-state index < -0.39 is 0 Å². The van der Waals surface area contributed by atoms with Gasteiger partial charge in [-0.25, -0.2) is 14.2 Å². The molecule has 1 unspecified atom stereocenters. The number of pyridine rings is 1. The van der Waals surface area contributed by atoms with E-state index in [1.165, 1.54) is 4.57 Å². The maximum absolute atomic E-state index is 14.7. The third-order valence-corrected chi connectivity index (χ3v) is 5.05. The number of likely N-dealkylation sites (N-methyl/N-ethyl adjacent to an activating group) is 1. The minimum atomic E-state index is -0.364. The first kappa shape index (κ1) is 15.3. The highest BCUT2D eigenvalue weighted by Crippen LogP contribution is 2.36. The second-order valence-electron chi connectivity index (χ2n) is 6.69. The van der Waals surface area contributed by atoms with Crippen LogP contribution in [0.15, 0.2) is 4.79 Å². The van der Waals surface area contributed by atoms with Gasteiger partial charge in [0.2, 0.25) is 0 Å². The van der Waals surface area contributed by atoms with Crippen molar-refractivity contribution in [2.45, 2.75) is 19.4 Å².